The first kappa shape index (κ1) is 51.6. The van der Waals surface area contributed by atoms with Crippen LogP contribution in [0, 0.1) is 0 Å². The number of hydrogen-bond acceptors (Lipinski definition) is 3. The van der Waals surface area contributed by atoms with Crippen LogP contribution in [0.5, 0.6) is 0 Å². The molecule has 4 nitrogen and oxygen atoms in total. The molecule has 0 aliphatic heterocycles. The van der Waals surface area contributed by atoms with Crippen molar-refractivity contribution < 1.29 is 15.0 Å². The Hall–Kier alpha value is -1.39. The van der Waals surface area contributed by atoms with E-state index in [1.54, 1.807) is 0 Å². The van der Waals surface area contributed by atoms with Crippen LogP contribution in [0.25, 0.3) is 0 Å². The fraction of sp³-hybridized carbons (Fsp3) is 0.857. The highest BCUT2D eigenvalue weighted by molar-refractivity contribution is 5.76. The second kappa shape index (κ2) is 45.0. The van der Waals surface area contributed by atoms with Crippen molar-refractivity contribution in [3.63, 3.8) is 0 Å². The van der Waals surface area contributed by atoms with E-state index in [1.165, 1.54) is 167 Å². The maximum absolute atomic E-state index is 12.4. The number of nitrogens with one attached hydrogen (secondary N) is 1. The third-order valence-corrected chi connectivity index (χ3v) is 10.9. The lowest BCUT2D eigenvalue weighted by Gasteiger charge is -2.22. The summed E-state index contributed by atoms with van der Waals surface area (Å²) in [6.07, 6.45) is 59.7. The summed E-state index contributed by atoms with van der Waals surface area (Å²) >= 11 is 0. The fourth-order valence-electron chi connectivity index (χ4n) is 7.32. The molecule has 0 aromatic rings. The number of unbranched alkanes of at least 4 members (excludes halogenated alkanes) is 30. The number of hydrogen-bond donors (Lipinski definition) is 3. The van der Waals surface area contributed by atoms with Crippen molar-refractivity contribution in [2.45, 2.75) is 264 Å². The van der Waals surface area contributed by atoms with Crippen LogP contribution in [0.15, 0.2) is 36.5 Å². The average Bonchev–Trinajstić information content (AvgIpc) is 3.16. The smallest absolute Gasteiger partial charge is 0.220 e. The molecule has 0 aliphatic rings. The van der Waals surface area contributed by atoms with E-state index in [0.717, 1.165) is 57.8 Å². The van der Waals surface area contributed by atoms with Gasteiger partial charge < -0.3 is 15.5 Å². The number of amides is 1. The second-order valence-corrected chi connectivity index (χ2v) is 16.2. The molecule has 0 heterocycles. The molecule has 0 aromatic carbocycles. The summed E-state index contributed by atoms with van der Waals surface area (Å²) in [7, 11) is 0. The zero-order chi connectivity index (χ0) is 38.6. The van der Waals surface area contributed by atoms with E-state index in [2.05, 4.69) is 55.6 Å². The van der Waals surface area contributed by atoms with Gasteiger partial charge in [-0.3, -0.25) is 4.79 Å². The zero-order valence-corrected chi connectivity index (χ0v) is 35.8. The number of aliphatic hydroxyl groups is 2. The molecule has 0 aromatic heterocycles. The number of aliphatic hydroxyl groups excluding tert-OH is 2. The minimum absolute atomic E-state index is 0.0590. The molecule has 2 atom stereocenters. The zero-order valence-electron chi connectivity index (χ0n) is 35.8. The second-order valence-electron chi connectivity index (χ2n) is 16.2. The Kier molecular flexibility index (Phi) is 43.8. The molecule has 0 spiro atoms. The highest BCUT2D eigenvalue weighted by Crippen LogP contribution is 2.17. The van der Waals surface area contributed by atoms with Crippen LogP contribution < -0.4 is 5.32 Å². The van der Waals surface area contributed by atoms with Crippen molar-refractivity contribution in [3.8, 4) is 0 Å². The van der Waals surface area contributed by atoms with Crippen LogP contribution in [0.3, 0.4) is 0 Å². The Bertz CT molecular complexity index is 806. The quantitative estimate of drug-likeness (QED) is 0.0430. The molecular formula is C49H93NO3. The van der Waals surface area contributed by atoms with Gasteiger partial charge in [-0.25, -0.2) is 0 Å². The molecule has 3 N–H and O–H groups in total. The predicted octanol–water partition coefficient (Wildman–Crippen LogP) is 15.0. The van der Waals surface area contributed by atoms with E-state index in [4.69, 9.17) is 0 Å². The van der Waals surface area contributed by atoms with E-state index in [-0.39, 0.29) is 12.5 Å². The van der Waals surface area contributed by atoms with Crippen molar-refractivity contribution in [3.05, 3.63) is 36.5 Å². The van der Waals surface area contributed by atoms with Crippen LogP contribution >= 0.6 is 0 Å². The highest BCUT2D eigenvalue weighted by Gasteiger charge is 2.20. The maximum Gasteiger partial charge on any atom is 0.220 e. The molecule has 53 heavy (non-hydrogen) atoms. The molecule has 0 rings (SSSR count). The Morgan fingerprint density at radius 1 is 0.472 bits per heavy atom. The first-order valence-electron chi connectivity index (χ1n) is 23.7. The Morgan fingerprint density at radius 3 is 1.23 bits per heavy atom. The third-order valence-electron chi connectivity index (χ3n) is 10.9. The molecular weight excluding hydrogens is 651 g/mol. The van der Waals surface area contributed by atoms with Gasteiger partial charge in [0.1, 0.15) is 0 Å². The molecule has 0 saturated heterocycles. The van der Waals surface area contributed by atoms with Crippen molar-refractivity contribution in [2.75, 3.05) is 6.61 Å². The van der Waals surface area contributed by atoms with E-state index >= 15 is 0 Å². The summed E-state index contributed by atoms with van der Waals surface area (Å²) in [5.41, 5.74) is 0. The monoisotopic (exact) mass is 744 g/mol. The van der Waals surface area contributed by atoms with Gasteiger partial charge in [0.25, 0.3) is 0 Å². The lowest BCUT2D eigenvalue weighted by atomic mass is 10.0. The molecule has 0 aliphatic carbocycles. The Balaban J connectivity index is 3.44. The third kappa shape index (κ3) is 41.6. The van der Waals surface area contributed by atoms with Gasteiger partial charge in [-0.1, -0.05) is 237 Å². The van der Waals surface area contributed by atoms with Gasteiger partial charge in [-0.2, -0.15) is 0 Å². The van der Waals surface area contributed by atoms with Crippen LogP contribution in [-0.2, 0) is 4.79 Å². The van der Waals surface area contributed by atoms with Crippen molar-refractivity contribution >= 4 is 5.91 Å². The van der Waals surface area contributed by atoms with E-state index in [1.807, 2.05) is 0 Å². The number of carbonyl (C=O) groups excluding carboxylic acids is 1. The number of rotatable bonds is 43. The fourth-order valence-corrected chi connectivity index (χ4v) is 7.32. The summed E-state index contributed by atoms with van der Waals surface area (Å²) in [6, 6.07) is -0.551. The highest BCUT2D eigenvalue weighted by atomic mass is 16.3. The number of allylic oxidation sites excluding steroid dienone is 6. The molecule has 1 amide bonds. The van der Waals surface area contributed by atoms with E-state index in [0.29, 0.717) is 12.8 Å². The van der Waals surface area contributed by atoms with Gasteiger partial charge in [0.05, 0.1) is 18.8 Å². The first-order chi connectivity index (χ1) is 26.2. The summed E-state index contributed by atoms with van der Waals surface area (Å²) in [6.45, 7) is 4.24. The number of carbonyl (C=O) groups is 1. The molecule has 0 fully saturated rings. The lowest BCUT2D eigenvalue weighted by Crippen LogP contribution is -2.45. The van der Waals surface area contributed by atoms with Gasteiger partial charge >= 0.3 is 0 Å². The predicted molar refractivity (Wildman–Crippen MR) is 235 cm³/mol. The van der Waals surface area contributed by atoms with Crippen LogP contribution in [0.4, 0.5) is 0 Å². The molecule has 4 heteroatoms. The van der Waals surface area contributed by atoms with Crippen LogP contribution in [0.1, 0.15) is 251 Å². The summed E-state index contributed by atoms with van der Waals surface area (Å²) in [4.78, 5) is 12.4. The van der Waals surface area contributed by atoms with Crippen LogP contribution in [-0.4, -0.2) is 34.9 Å². The topological polar surface area (TPSA) is 69.6 Å². The molecule has 0 saturated carbocycles. The Morgan fingerprint density at radius 2 is 0.830 bits per heavy atom. The normalized spacial score (nSPS) is 13.2. The SMILES string of the molecule is CC/C=C\C/C=C\C/C=C\CCCCCC(=O)NC(CO)C(O)CCCCCCCCCCCCCCCCCCCCCCCCCCCCCC. The van der Waals surface area contributed by atoms with Gasteiger partial charge in [0.15, 0.2) is 0 Å². The van der Waals surface area contributed by atoms with E-state index in [9.17, 15) is 15.0 Å². The van der Waals surface area contributed by atoms with Gasteiger partial charge in [-0.05, 0) is 44.9 Å². The molecule has 2 unspecified atom stereocenters. The largest absolute Gasteiger partial charge is 0.394 e. The molecule has 0 radical (unpaired) electrons. The van der Waals surface area contributed by atoms with E-state index < -0.39 is 12.1 Å². The Labute approximate surface area is 331 Å². The standard InChI is InChI=1S/C49H93NO3/c1-3-5-7-9-11-13-15-17-18-19-20-21-22-23-24-25-26-27-28-29-30-31-33-34-36-38-40-42-44-48(52)47(46-51)50-49(53)45-43-41-39-37-35-32-16-14-12-10-8-6-4-2/h6,8,12,14,32,35,47-48,51-52H,3-5,7,9-11,13,15-31,33-34,36-46H2,1-2H3,(H,50,53)/b8-6-,14-12-,35-32-. The summed E-state index contributed by atoms with van der Waals surface area (Å²) in [5, 5.41) is 23.2. The van der Waals surface area contributed by atoms with Crippen molar-refractivity contribution in [2.24, 2.45) is 0 Å². The minimum Gasteiger partial charge on any atom is -0.394 e. The van der Waals surface area contributed by atoms with Crippen molar-refractivity contribution in [1.29, 1.82) is 0 Å². The first-order valence-corrected chi connectivity index (χ1v) is 23.7. The van der Waals surface area contributed by atoms with Crippen LogP contribution in [0.2, 0.25) is 0 Å². The van der Waals surface area contributed by atoms with Gasteiger partial charge in [0.2, 0.25) is 5.91 Å². The summed E-state index contributed by atoms with van der Waals surface area (Å²) < 4.78 is 0. The maximum atomic E-state index is 12.4. The molecule has 0 bridgehead atoms. The van der Waals surface area contributed by atoms with Gasteiger partial charge in [-0.15, -0.1) is 0 Å². The molecule has 312 valence electrons. The minimum atomic E-state index is -0.671. The average molecular weight is 744 g/mol. The summed E-state index contributed by atoms with van der Waals surface area (Å²) in [5.74, 6) is -0.0590. The lowest BCUT2D eigenvalue weighted by molar-refractivity contribution is -0.123. The van der Waals surface area contributed by atoms with Crippen molar-refractivity contribution in [1.82, 2.24) is 5.32 Å². The van der Waals surface area contributed by atoms with Gasteiger partial charge in [0, 0.05) is 6.42 Å².